The molecule has 0 saturated carbocycles. The molecule has 0 radical (unpaired) electrons. The van der Waals surface area contributed by atoms with E-state index in [-0.39, 0.29) is 31.5 Å². The summed E-state index contributed by atoms with van der Waals surface area (Å²) in [5.74, 6) is -0.215. The molecule has 1 aliphatic heterocycles. The number of ether oxygens (including phenoxy) is 1. The van der Waals surface area contributed by atoms with E-state index in [1.54, 1.807) is 7.11 Å². The van der Waals surface area contributed by atoms with Gasteiger partial charge in [0.05, 0.1) is 6.61 Å². The van der Waals surface area contributed by atoms with Crippen molar-refractivity contribution in [3.8, 4) is 0 Å². The number of rotatable bonds is 5. The van der Waals surface area contributed by atoms with Crippen LogP contribution in [0.25, 0.3) is 0 Å². The average molecular weight is 344 g/mol. The van der Waals surface area contributed by atoms with Gasteiger partial charge in [-0.2, -0.15) is 13.2 Å². The van der Waals surface area contributed by atoms with Crippen LogP contribution in [-0.2, 0) is 22.7 Å². The van der Waals surface area contributed by atoms with Crippen LogP contribution in [0.2, 0.25) is 0 Å². The predicted molar refractivity (Wildman–Crippen MR) is 84.2 cm³/mol. The third-order valence-electron chi connectivity index (χ3n) is 4.16. The minimum absolute atomic E-state index is 0.00773. The molecule has 1 amide bonds. The van der Waals surface area contributed by atoms with E-state index in [2.05, 4.69) is 5.32 Å². The lowest BCUT2D eigenvalue weighted by Gasteiger charge is -2.40. The van der Waals surface area contributed by atoms with Gasteiger partial charge < -0.3 is 10.1 Å². The van der Waals surface area contributed by atoms with Crippen molar-refractivity contribution in [3.63, 3.8) is 0 Å². The second-order valence-electron chi connectivity index (χ2n) is 6.21. The number of nitrogens with one attached hydrogen (secondary N) is 1. The Morgan fingerprint density at radius 2 is 2.04 bits per heavy atom. The van der Waals surface area contributed by atoms with Gasteiger partial charge in [0.15, 0.2) is 0 Å². The van der Waals surface area contributed by atoms with Crippen LogP contribution in [0.4, 0.5) is 13.2 Å². The summed E-state index contributed by atoms with van der Waals surface area (Å²) in [6.45, 7) is 2.19. The van der Waals surface area contributed by atoms with E-state index in [0.717, 1.165) is 11.1 Å². The summed E-state index contributed by atoms with van der Waals surface area (Å²) in [6.07, 6.45) is -3.94. The number of alkyl halides is 3. The Kier molecular flexibility index (Phi) is 6.23. The second kappa shape index (κ2) is 7.98. The molecule has 2 atom stereocenters. The summed E-state index contributed by atoms with van der Waals surface area (Å²) in [4.78, 5) is 12.6. The maximum atomic E-state index is 13.3. The SMILES string of the molecule is COCc1cccc(CN2C[C@@H](NC(C)=O)CC[C@H]2C(F)(F)F)c1. The van der Waals surface area contributed by atoms with Crippen molar-refractivity contribution in [1.82, 2.24) is 10.2 Å². The van der Waals surface area contributed by atoms with Crippen LogP contribution in [0.5, 0.6) is 0 Å². The van der Waals surface area contributed by atoms with Crippen LogP contribution in [0, 0.1) is 0 Å². The van der Waals surface area contributed by atoms with Crippen molar-refractivity contribution in [2.45, 2.75) is 51.2 Å². The first-order valence-electron chi connectivity index (χ1n) is 7.94. The molecule has 4 nitrogen and oxygen atoms in total. The van der Waals surface area contributed by atoms with E-state index in [9.17, 15) is 18.0 Å². The van der Waals surface area contributed by atoms with Gasteiger partial charge >= 0.3 is 6.18 Å². The minimum atomic E-state index is -4.27. The molecule has 1 aromatic rings. The number of likely N-dealkylation sites (tertiary alicyclic amines) is 1. The Balaban J connectivity index is 2.14. The summed E-state index contributed by atoms with van der Waals surface area (Å²) >= 11 is 0. The van der Waals surface area contributed by atoms with Gasteiger partial charge in [-0.25, -0.2) is 0 Å². The van der Waals surface area contributed by atoms with Gasteiger partial charge in [0, 0.05) is 33.2 Å². The number of nitrogens with zero attached hydrogens (tertiary/aromatic N) is 1. The molecule has 0 aliphatic carbocycles. The number of halogens is 3. The first-order valence-corrected chi connectivity index (χ1v) is 7.94. The molecule has 0 spiro atoms. The number of piperidine rings is 1. The van der Waals surface area contributed by atoms with E-state index in [4.69, 9.17) is 4.74 Å². The summed E-state index contributed by atoms with van der Waals surface area (Å²) in [7, 11) is 1.58. The van der Waals surface area contributed by atoms with Gasteiger partial charge in [-0.15, -0.1) is 0 Å². The Morgan fingerprint density at radius 3 is 2.67 bits per heavy atom. The highest BCUT2D eigenvalue weighted by Crippen LogP contribution is 2.33. The van der Waals surface area contributed by atoms with Gasteiger partial charge in [0.25, 0.3) is 0 Å². The number of carbonyl (C=O) groups excluding carboxylic acids is 1. The largest absolute Gasteiger partial charge is 0.404 e. The van der Waals surface area contributed by atoms with Gasteiger partial charge in [0.1, 0.15) is 6.04 Å². The normalized spacial score (nSPS) is 22.4. The molecule has 1 N–H and O–H groups in total. The number of amides is 1. The highest BCUT2D eigenvalue weighted by atomic mass is 19.4. The lowest BCUT2D eigenvalue weighted by molar-refractivity contribution is -0.194. The average Bonchev–Trinajstić information content (AvgIpc) is 2.46. The minimum Gasteiger partial charge on any atom is -0.380 e. The van der Waals surface area contributed by atoms with Crippen molar-refractivity contribution in [2.75, 3.05) is 13.7 Å². The molecule has 2 rings (SSSR count). The third kappa shape index (κ3) is 5.21. The van der Waals surface area contributed by atoms with Gasteiger partial charge in [-0.1, -0.05) is 24.3 Å². The summed E-state index contributed by atoms with van der Waals surface area (Å²) in [6, 6.07) is 5.65. The van der Waals surface area contributed by atoms with Crippen molar-refractivity contribution in [2.24, 2.45) is 0 Å². The number of hydrogen-bond donors (Lipinski definition) is 1. The van der Waals surface area contributed by atoms with Crippen molar-refractivity contribution in [1.29, 1.82) is 0 Å². The summed E-state index contributed by atoms with van der Waals surface area (Å²) in [5.41, 5.74) is 1.73. The lowest BCUT2D eigenvalue weighted by atomic mass is 9.96. The Morgan fingerprint density at radius 1 is 1.33 bits per heavy atom. The first-order chi connectivity index (χ1) is 11.3. The number of carbonyl (C=O) groups is 1. The maximum Gasteiger partial charge on any atom is 0.404 e. The number of hydrogen-bond acceptors (Lipinski definition) is 3. The van der Waals surface area contributed by atoms with Gasteiger partial charge in [0.2, 0.25) is 5.91 Å². The number of methoxy groups -OCH3 is 1. The highest BCUT2D eigenvalue weighted by Gasteiger charge is 2.46. The first kappa shape index (κ1) is 18.7. The van der Waals surface area contributed by atoms with E-state index < -0.39 is 12.2 Å². The highest BCUT2D eigenvalue weighted by molar-refractivity contribution is 5.73. The topological polar surface area (TPSA) is 41.6 Å². The van der Waals surface area contributed by atoms with E-state index in [0.29, 0.717) is 13.0 Å². The van der Waals surface area contributed by atoms with Crippen molar-refractivity contribution < 1.29 is 22.7 Å². The van der Waals surface area contributed by atoms with Crippen LogP contribution in [0.15, 0.2) is 24.3 Å². The molecule has 0 unspecified atom stereocenters. The fraction of sp³-hybridized carbons (Fsp3) is 0.588. The Labute approximate surface area is 140 Å². The molecule has 1 heterocycles. The molecule has 1 saturated heterocycles. The second-order valence-corrected chi connectivity index (χ2v) is 6.21. The zero-order valence-electron chi connectivity index (χ0n) is 13.9. The molecule has 1 aliphatic rings. The molecule has 134 valence electrons. The van der Waals surface area contributed by atoms with E-state index in [1.807, 2.05) is 24.3 Å². The molecular weight excluding hydrogens is 321 g/mol. The van der Waals surface area contributed by atoms with Crippen LogP contribution < -0.4 is 5.32 Å². The quantitative estimate of drug-likeness (QED) is 0.893. The van der Waals surface area contributed by atoms with Gasteiger partial charge in [-0.3, -0.25) is 9.69 Å². The zero-order chi connectivity index (χ0) is 17.7. The van der Waals surface area contributed by atoms with Crippen LogP contribution in [-0.4, -0.2) is 42.7 Å². The third-order valence-corrected chi connectivity index (χ3v) is 4.16. The molecular formula is C17H23F3N2O2. The van der Waals surface area contributed by atoms with Crippen LogP contribution in [0.3, 0.4) is 0 Å². The van der Waals surface area contributed by atoms with Gasteiger partial charge in [-0.05, 0) is 24.0 Å². The summed E-state index contributed by atoms with van der Waals surface area (Å²) in [5, 5.41) is 2.73. The van der Waals surface area contributed by atoms with Crippen molar-refractivity contribution in [3.05, 3.63) is 35.4 Å². The zero-order valence-corrected chi connectivity index (χ0v) is 13.9. The predicted octanol–water partition coefficient (Wildman–Crippen LogP) is 2.86. The Bertz CT molecular complexity index is 563. The molecule has 0 aromatic heterocycles. The van der Waals surface area contributed by atoms with Crippen LogP contribution >= 0.6 is 0 Å². The molecule has 1 aromatic carbocycles. The summed E-state index contributed by atoms with van der Waals surface area (Å²) < 4.78 is 45.1. The number of benzene rings is 1. The molecule has 1 fully saturated rings. The molecule has 24 heavy (non-hydrogen) atoms. The fourth-order valence-corrected chi connectivity index (χ4v) is 3.21. The smallest absolute Gasteiger partial charge is 0.380 e. The lowest BCUT2D eigenvalue weighted by Crippen LogP contribution is -2.55. The molecule has 7 heteroatoms. The maximum absolute atomic E-state index is 13.3. The monoisotopic (exact) mass is 344 g/mol. The standard InChI is InChI=1S/C17H23F3N2O2/c1-12(23)21-15-6-7-16(17(18,19)20)22(10-15)9-13-4-3-5-14(8-13)11-24-2/h3-5,8,15-16H,6-7,9-11H2,1-2H3,(H,21,23)/t15-,16-/m0/s1. The van der Waals surface area contributed by atoms with E-state index in [1.165, 1.54) is 11.8 Å². The fourth-order valence-electron chi connectivity index (χ4n) is 3.21. The molecule has 0 bridgehead atoms. The van der Waals surface area contributed by atoms with Crippen LogP contribution in [0.1, 0.15) is 30.9 Å². The Hall–Kier alpha value is -1.60. The van der Waals surface area contributed by atoms with E-state index >= 15 is 0 Å². The van der Waals surface area contributed by atoms with Crippen molar-refractivity contribution >= 4 is 5.91 Å².